The Morgan fingerprint density at radius 1 is 1.28 bits per heavy atom. The number of carbonyl (C=O) groups excluding carboxylic acids is 1. The van der Waals surface area contributed by atoms with Crippen LogP contribution >= 0.6 is 0 Å². The first-order valence-corrected chi connectivity index (χ1v) is 5.80. The molecular weight excluding hydrogens is 224 g/mol. The van der Waals surface area contributed by atoms with Crippen LogP contribution in [0.25, 0.3) is 0 Å². The third-order valence-electron chi connectivity index (χ3n) is 3.06. The molecule has 18 heavy (non-hydrogen) atoms. The van der Waals surface area contributed by atoms with Gasteiger partial charge in [-0.3, -0.25) is 4.79 Å². The lowest BCUT2D eigenvalue weighted by Crippen LogP contribution is -2.15. The van der Waals surface area contributed by atoms with Gasteiger partial charge in [-0.15, -0.1) is 0 Å². The fraction of sp³-hybridized carbons (Fsp3) is 0.0667. The number of aromatic nitrogens is 1. The van der Waals surface area contributed by atoms with Crippen LogP contribution in [0.4, 0.5) is 5.82 Å². The number of aryl methyl sites for hydroxylation is 1. The number of fused-ring (bicyclic) bond motifs is 1. The predicted octanol–water partition coefficient (Wildman–Crippen LogP) is 2.69. The Balaban J connectivity index is 1.88. The molecule has 3 nitrogen and oxygen atoms in total. The van der Waals surface area contributed by atoms with Gasteiger partial charge in [0, 0.05) is 11.8 Å². The van der Waals surface area contributed by atoms with Crippen molar-refractivity contribution in [1.29, 1.82) is 0 Å². The second-order valence-corrected chi connectivity index (χ2v) is 4.26. The standard InChI is InChI=1S/C15H12N2O/c1-10-4-3-9-16-14(10)17-15(18)13-8-7-11-5-2-6-12(11)13/h2-9H,1H3,(H,16,17,18). The van der Waals surface area contributed by atoms with Crippen LogP contribution in [0, 0.1) is 6.92 Å². The first kappa shape index (κ1) is 10.7. The van der Waals surface area contributed by atoms with Gasteiger partial charge >= 0.3 is 0 Å². The Hall–Kier alpha value is -2.42. The molecule has 0 atom stereocenters. The zero-order valence-corrected chi connectivity index (χ0v) is 9.97. The van der Waals surface area contributed by atoms with Gasteiger partial charge in [-0.05, 0) is 35.8 Å². The second-order valence-electron chi connectivity index (χ2n) is 4.26. The quantitative estimate of drug-likeness (QED) is 0.857. The van der Waals surface area contributed by atoms with Crippen molar-refractivity contribution >= 4 is 11.7 Å². The van der Waals surface area contributed by atoms with Crippen LogP contribution in [-0.4, -0.2) is 10.9 Å². The summed E-state index contributed by atoms with van der Waals surface area (Å²) in [5.41, 5.74) is 3.73. The molecular formula is C15H12N2O. The lowest BCUT2D eigenvalue weighted by Gasteiger charge is -2.07. The average Bonchev–Trinajstić information content (AvgIpc) is 2.93. The summed E-state index contributed by atoms with van der Waals surface area (Å²) >= 11 is 0. The molecule has 0 fully saturated rings. The van der Waals surface area contributed by atoms with E-state index in [2.05, 4.69) is 10.3 Å². The molecule has 2 aliphatic rings. The first-order chi connectivity index (χ1) is 8.75. The van der Waals surface area contributed by atoms with Gasteiger partial charge in [0.25, 0.3) is 5.91 Å². The van der Waals surface area contributed by atoms with Crippen molar-refractivity contribution in [3.63, 3.8) is 0 Å². The number of nitrogens with zero attached hydrogens (tertiary/aromatic N) is 1. The van der Waals surface area contributed by atoms with Crippen LogP contribution in [0.5, 0.6) is 0 Å². The predicted molar refractivity (Wildman–Crippen MR) is 71.0 cm³/mol. The summed E-state index contributed by atoms with van der Waals surface area (Å²) in [5.74, 6) is 0.501. The van der Waals surface area contributed by atoms with Crippen molar-refractivity contribution in [3.8, 4) is 0 Å². The van der Waals surface area contributed by atoms with Crippen LogP contribution in [0.1, 0.15) is 5.56 Å². The van der Waals surface area contributed by atoms with Gasteiger partial charge in [-0.2, -0.15) is 0 Å². The van der Waals surface area contributed by atoms with E-state index in [0.717, 1.165) is 16.7 Å². The number of pyridine rings is 1. The third-order valence-corrected chi connectivity index (χ3v) is 3.06. The fourth-order valence-electron chi connectivity index (χ4n) is 2.08. The number of hydrogen-bond donors (Lipinski definition) is 1. The highest BCUT2D eigenvalue weighted by Gasteiger charge is 2.20. The molecule has 1 aromatic heterocycles. The number of hydrogen-bond acceptors (Lipinski definition) is 2. The molecule has 1 aromatic rings. The Morgan fingerprint density at radius 2 is 2.17 bits per heavy atom. The number of rotatable bonds is 2. The van der Waals surface area contributed by atoms with E-state index >= 15 is 0 Å². The summed E-state index contributed by atoms with van der Waals surface area (Å²) in [6, 6.07) is 3.77. The molecule has 2 aliphatic carbocycles. The van der Waals surface area contributed by atoms with Gasteiger partial charge in [-0.1, -0.05) is 30.4 Å². The SMILES string of the molecule is Cc1cccnc1NC(=O)C1=C2C=CC=C2C=C1. The molecule has 0 aromatic carbocycles. The number of allylic oxidation sites excluding steroid dienone is 6. The van der Waals surface area contributed by atoms with Gasteiger partial charge < -0.3 is 5.32 Å². The van der Waals surface area contributed by atoms with Crippen molar-refractivity contribution in [3.05, 3.63) is 71.0 Å². The maximum atomic E-state index is 12.2. The molecule has 0 aliphatic heterocycles. The molecule has 0 unspecified atom stereocenters. The summed E-state index contributed by atoms with van der Waals surface area (Å²) in [7, 11) is 0. The van der Waals surface area contributed by atoms with Crippen molar-refractivity contribution in [2.45, 2.75) is 6.92 Å². The Bertz CT molecular complexity index is 648. The Morgan fingerprint density at radius 3 is 3.00 bits per heavy atom. The van der Waals surface area contributed by atoms with Crippen molar-refractivity contribution in [2.75, 3.05) is 5.32 Å². The lowest BCUT2D eigenvalue weighted by atomic mass is 10.1. The summed E-state index contributed by atoms with van der Waals surface area (Å²) in [4.78, 5) is 16.4. The van der Waals surface area contributed by atoms with E-state index in [1.54, 1.807) is 6.20 Å². The number of amides is 1. The van der Waals surface area contributed by atoms with Gasteiger partial charge in [0.2, 0.25) is 0 Å². The fourth-order valence-corrected chi connectivity index (χ4v) is 2.08. The van der Waals surface area contributed by atoms with Gasteiger partial charge in [0.15, 0.2) is 0 Å². The van der Waals surface area contributed by atoms with Crippen molar-refractivity contribution in [2.24, 2.45) is 0 Å². The highest BCUT2D eigenvalue weighted by Crippen LogP contribution is 2.30. The minimum atomic E-state index is -0.113. The van der Waals surface area contributed by atoms with Crippen LogP contribution in [0.2, 0.25) is 0 Å². The minimum Gasteiger partial charge on any atom is -0.306 e. The zero-order valence-electron chi connectivity index (χ0n) is 9.97. The average molecular weight is 236 g/mol. The maximum Gasteiger partial charge on any atom is 0.257 e. The minimum absolute atomic E-state index is 0.113. The maximum absolute atomic E-state index is 12.2. The molecule has 0 spiro atoms. The molecule has 1 amide bonds. The topological polar surface area (TPSA) is 42.0 Å². The summed E-state index contributed by atoms with van der Waals surface area (Å²) < 4.78 is 0. The van der Waals surface area contributed by atoms with Crippen LogP contribution in [0.15, 0.2) is 65.4 Å². The summed E-state index contributed by atoms with van der Waals surface area (Å²) in [5, 5.41) is 2.84. The number of nitrogens with one attached hydrogen (secondary N) is 1. The summed E-state index contributed by atoms with van der Waals surface area (Å²) in [6.45, 7) is 1.92. The molecule has 3 heteroatoms. The number of carbonyl (C=O) groups is 1. The highest BCUT2D eigenvalue weighted by molar-refractivity contribution is 6.08. The summed E-state index contributed by atoms with van der Waals surface area (Å²) in [6.07, 6.45) is 11.4. The van der Waals surface area contributed by atoms with Gasteiger partial charge in [0.1, 0.15) is 5.82 Å². The molecule has 0 saturated heterocycles. The molecule has 0 saturated carbocycles. The van der Waals surface area contributed by atoms with E-state index in [9.17, 15) is 4.79 Å². The van der Waals surface area contributed by atoms with Gasteiger partial charge in [0.05, 0.1) is 0 Å². The zero-order chi connectivity index (χ0) is 12.5. The van der Waals surface area contributed by atoms with E-state index in [4.69, 9.17) is 0 Å². The molecule has 3 rings (SSSR count). The Kier molecular flexibility index (Phi) is 2.45. The number of anilines is 1. The second kappa shape index (κ2) is 4.11. The van der Waals surface area contributed by atoms with E-state index in [-0.39, 0.29) is 5.91 Å². The first-order valence-electron chi connectivity index (χ1n) is 5.80. The Labute approximate surface area is 105 Å². The van der Waals surface area contributed by atoms with Crippen LogP contribution in [-0.2, 0) is 4.79 Å². The molecule has 88 valence electrons. The highest BCUT2D eigenvalue weighted by atomic mass is 16.1. The smallest absolute Gasteiger partial charge is 0.257 e. The van der Waals surface area contributed by atoms with E-state index in [1.165, 1.54) is 0 Å². The molecule has 1 N–H and O–H groups in total. The molecule has 1 heterocycles. The van der Waals surface area contributed by atoms with Crippen LogP contribution in [0.3, 0.4) is 0 Å². The van der Waals surface area contributed by atoms with Crippen molar-refractivity contribution < 1.29 is 4.79 Å². The molecule has 0 bridgehead atoms. The van der Waals surface area contributed by atoms with E-state index in [0.29, 0.717) is 11.4 Å². The van der Waals surface area contributed by atoms with E-state index in [1.807, 2.05) is 49.4 Å². The van der Waals surface area contributed by atoms with E-state index < -0.39 is 0 Å². The molecule has 0 radical (unpaired) electrons. The van der Waals surface area contributed by atoms with Crippen molar-refractivity contribution in [1.82, 2.24) is 4.98 Å². The normalized spacial score (nSPS) is 15.9. The monoisotopic (exact) mass is 236 g/mol. The largest absolute Gasteiger partial charge is 0.306 e. The lowest BCUT2D eigenvalue weighted by molar-refractivity contribution is -0.112. The van der Waals surface area contributed by atoms with Crippen LogP contribution < -0.4 is 5.32 Å². The third kappa shape index (κ3) is 1.70. The van der Waals surface area contributed by atoms with Gasteiger partial charge in [-0.25, -0.2) is 4.98 Å².